The molecule has 0 radical (unpaired) electrons. The van der Waals surface area contributed by atoms with Crippen molar-refractivity contribution in [3.8, 4) is 5.75 Å². The lowest BCUT2D eigenvalue weighted by atomic mass is 9.91. The van der Waals surface area contributed by atoms with Crippen molar-refractivity contribution in [1.82, 2.24) is 5.32 Å². The first-order valence-electron chi connectivity index (χ1n) is 9.81. The van der Waals surface area contributed by atoms with Crippen LogP contribution in [0, 0.1) is 0 Å². The fourth-order valence-electron chi connectivity index (χ4n) is 3.80. The van der Waals surface area contributed by atoms with Gasteiger partial charge in [0.15, 0.2) is 12.6 Å². The molecule has 1 heterocycles. The normalized spacial score (nSPS) is 14.0. The molecule has 1 aliphatic carbocycles. The molecule has 7 nitrogen and oxygen atoms in total. The molecule has 2 aromatic carbocycles. The highest BCUT2D eigenvalue weighted by Crippen LogP contribution is 2.29. The summed E-state index contributed by atoms with van der Waals surface area (Å²) in [5, 5.41) is 12.7. The Hall–Kier alpha value is -3.61. The molecule has 1 amide bonds. The Bertz CT molecular complexity index is 1150. The molecule has 2 N–H and O–H groups in total. The van der Waals surface area contributed by atoms with Crippen molar-refractivity contribution in [3.63, 3.8) is 0 Å². The number of fused-ring (bicyclic) bond motifs is 3. The molecule has 7 heteroatoms. The monoisotopic (exact) mass is 407 g/mol. The number of rotatable bonds is 6. The van der Waals surface area contributed by atoms with Crippen LogP contribution in [-0.2, 0) is 22.4 Å². The van der Waals surface area contributed by atoms with Gasteiger partial charge in [0.05, 0.1) is 0 Å². The van der Waals surface area contributed by atoms with Crippen molar-refractivity contribution < 1.29 is 23.8 Å². The van der Waals surface area contributed by atoms with Crippen molar-refractivity contribution in [3.05, 3.63) is 75.6 Å². The molecule has 1 aromatic heterocycles. The van der Waals surface area contributed by atoms with Gasteiger partial charge in [0.2, 0.25) is 0 Å². The highest BCUT2D eigenvalue weighted by molar-refractivity contribution is 5.86. The van der Waals surface area contributed by atoms with Crippen molar-refractivity contribution >= 4 is 22.8 Å². The number of hydrogen-bond donors (Lipinski definition) is 2. The number of ether oxygens (including phenoxy) is 1. The number of benzene rings is 2. The summed E-state index contributed by atoms with van der Waals surface area (Å²) < 4.78 is 11.0. The summed E-state index contributed by atoms with van der Waals surface area (Å²) >= 11 is 0. The molecule has 1 atom stereocenters. The lowest BCUT2D eigenvalue weighted by molar-refractivity contribution is -0.142. The summed E-state index contributed by atoms with van der Waals surface area (Å²) in [6.45, 7) is -0.364. The zero-order chi connectivity index (χ0) is 21.1. The standard InChI is InChI=1S/C23H21NO6/c25-20(24-21(22(26)27)14-6-2-1-3-7-14)13-29-15-10-11-17-16-8-4-5-9-18(16)23(28)30-19(17)12-15/h1-3,6-7,10-12,21H,4-5,8-9,13H2,(H,24,25)(H,26,27)/t21-/m0/s1. The van der Waals surface area contributed by atoms with Crippen LogP contribution in [0.3, 0.4) is 0 Å². The Morgan fingerprint density at radius 3 is 2.53 bits per heavy atom. The molecule has 4 rings (SSSR count). The molecule has 0 saturated carbocycles. The van der Waals surface area contributed by atoms with E-state index in [1.807, 2.05) is 6.07 Å². The summed E-state index contributed by atoms with van der Waals surface area (Å²) in [5.41, 5.74) is 2.35. The van der Waals surface area contributed by atoms with Gasteiger partial charge in [-0.3, -0.25) is 4.79 Å². The zero-order valence-electron chi connectivity index (χ0n) is 16.2. The number of carboxylic acid groups (broad SMARTS) is 1. The average Bonchev–Trinajstić information content (AvgIpc) is 2.76. The number of carbonyl (C=O) groups excluding carboxylic acids is 1. The van der Waals surface area contributed by atoms with Crippen LogP contribution in [-0.4, -0.2) is 23.6 Å². The van der Waals surface area contributed by atoms with Crippen LogP contribution >= 0.6 is 0 Å². The predicted molar refractivity (Wildman–Crippen MR) is 110 cm³/mol. The second kappa shape index (κ2) is 8.41. The van der Waals surface area contributed by atoms with Gasteiger partial charge < -0.3 is 19.6 Å². The Kier molecular flexibility index (Phi) is 5.52. The Morgan fingerprint density at radius 2 is 1.80 bits per heavy atom. The average molecular weight is 407 g/mol. The van der Waals surface area contributed by atoms with Gasteiger partial charge in [0.1, 0.15) is 11.3 Å². The third-order valence-corrected chi connectivity index (χ3v) is 5.25. The van der Waals surface area contributed by atoms with Crippen LogP contribution in [0.15, 0.2) is 57.7 Å². The van der Waals surface area contributed by atoms with E-state index in [-0.39, 0.29) is 12.2 Å². The van der Waals surface area contributed by atoms with E-state index in [2.05, 4.69) is 5.32 Å². The van der Waals surface area contributed by atoms with E-state index < -0.39 is 17.9 Å². The molecule has 30 heavy (non-hydrogen) atoms. The van der Waals surface area contributed by atoms with Crippen LogP contribution in [0.1, 0.15) is 35.6 Å². The van der Waals surface area contributed by atoms with Crippen LogP contribution in [0.4, 0.5) is 0 Å². The Morgan fingerprint density at radius 1 is 1.07 bits per heavy atom. The molecule has 0 saturated heterocycles. The number of aliphatic carboxylic acids is 1. The third kappa shape index (κ3) is 4.05. The second-order valence-corrected chi connectivity index (χ2v) is 7.25. The quantitative estimate of drug-likeness (QED) is 0.609. The largest absolute Gasteiger partial charge is 0.484 e. The highest BCUT2D eigenvalue weighted by Gasteiger charge is 2.22. The van der Waals surface area contributed by atoms with Gasteiger partial charge in [-0.15, -0.1) is 0 Å². The number of hydrogen-bond acceptors (Lipinski definition) is 5. The minimum atomic E-state index is -1.16. The first kappa shape index (κ1) is 19.7. The van der Waals surface area contributed by atoms with Gasteiger partial charge >= 0.3 is 11.6 Å². The number of amides is 1. The summed E-state index contributed by atoms with van der Waals surface area (Å²) in [4.78, 5) is 36.0. The third-order valence-electron chi connectivity index (χ3n) is 5.25. The van der Waals surface area contributed by atoms with E-state index in [0.29, 0.717) is 16.9 Å². The minimum Gasteiger partial charge on any atom is -0.484 e. The topological polar surface area (TPSA) is 106 Å². The van der Waals surface area contributed by atoms with Crippen molar-refractivity contribution in [1.29, 1.82) is 0 Å². The fraction of sp³-hybridized carbons (Fsp3) is 0.261. The Balaban J connectivity index is 1.47. The van der Waals surface area contributed by atoms with E-state index in [1.54, 1.807) is 42.5 Å². The number of nitrogens with one attached hydrogen (secondary N) is 1. The molecule has 154 valence electrons. The van der Waals surface area contributed by atoms with Gasteiger partial charge in [-0.05, 0) is 48.9 Å². The Labute approximate surface area is 172 Å². The van der Waals surface area contributed by atoms with Crippen LogP contribution < -0.4 is 15.7 Å². The highest BCUT2D eigenvalue weighted by atomic mass is 16.5. The first-order chi connectivity index (χ1) is 14.5. The molecule has 0 aliphatic heterocycles. The van der Waals surface area contributed by atoms with Crippen molar-refractivity contribution in [2.75, 3.05) is 6.61 Å². The van der Waals surface area contributed by atoms with Crippen molar-refractivity contribution in [2.24, 2.45) is 0 Å². The first-order valence-corrected chi connectivity index (χ1v) is 9.81. The fourth-order valence-corrected chi connectivity index (χ4v) is 3.80. The van der Waals surface area contributed by atoms with Crippen LogP contribution in [0.25, 0.3) is 11.0 Å². The van der Waals surface area contributed by atoms with E-state index in [0.717, 1.165) is 42.2 Å². The zero-order valence-corrected chi connectivity index (χ0v) is 16.2. The molecule has 0 unspecified atom stereocenters. The maximum atomic E-state index is 12.2. The van der Waals surface area contributed by atoms with Gasteiger partial charge in [-0.25, -0.2) is 9.59 Å². The second-order valence-electron chi connectivity index (χ2n) is 7.25. The lowest BCUT2D eigenvalue weighted by Crippen LogP contribution is -2.36. The maximum absolute atomic E-state index is 12.2. The maximum Gasteiger partial charge on any atom is 0.339 e. The van der Waals surface area contributed by atoms with E-state index in [9.17, 15) is 19.5 Å². The van der Waals surface area contributed by atoms with Crippen LogP contribution in [0.2, 0.25) is 0 Å². The van der Waals surface area contributed by atoms with Crippen molar-refractivity contribution in [2.45, 2.75) is 31.7 Å². The smallest absolute Gasteiger partial charge is 0.339 e. The molecule has 3 aromatic rings. The van der Waals surface area contributed by atoms with Gasteiger partial charge in [0, 0.05) is 17.0 Å². The number of carboxylic acids is 1. The lowest BCUT2D eigenvalue weighted by Gasteiger charge is -2.17. The molecule has 1 aliphatic rings. The number of aryl methyl sites for hydroxylation is 1. The van der Waals surface area contributed by atoms with E-state index in [4.69, 9.17) is 9.15 Å². The molecular formula is C23H21NO6. The summed E-state index contributed by atoms with van der Waals surface area (Å²) in [5.74, 6) is -1.37. The van der Waals surface area contributed by atoms with E-state index >= 15 is 0 Å². The van der Waals surface area contributed by atoms with Gasteiger partial charge in [-0.2, -0.15) is 0 Å². The predicted octanol–water partition coefficient (Wildman–Crippen LogP) is 2.99. The van der Waals surface area contributed by atoms with Gasteiger partial charge in [-0.1, -0.05) is 30.3 Å². The van der Waals surface area contributed by atoms with Gasteiger partial charge in [0.25, 0.3) is 5.91 Å². The molecule has 0 fully saturated rings. The summed E-state index contributed by atoms with van der Waals surface area (Å²) in [6.07, 6.45) is 3.60. The SMILES string of the molecule is O=C(COc1ccc2c3c(c(=O)oc2c1)CCCC3)N[C@H](C(=O)O)c1ccccc1. The molecule has 0 bridgehead atoms. The summed E-state index contributed by atoms with van der Waals surface area (Å²) in [7, 11) is 0. The van der Waals surface area contributed by atoms with Crippen LogP contribution in [0.5, 0.6) is 5.75 Å². The molecular weight excluding hydrogens is 386 g/mol. The van der Waals surface area contributed by atoms with E-state index in [1.165, 1.54) is 0 Å². The molecule has 0 spiro atoms. The minimum absolute atomic E-state index is 0.320. The summed E-state index contributed by atoms with van der Waals surface area (Å²) in [6, 6.07) is 12.4. The number of carbonyl (C=O) groups is 2.